The molecule has 1 aromatic carbocycles. The fourth-order valence-electron chi connectivity index (χ4n) is 2.47. The zero-order valence-electron chi connectivity index (χ0n) is 12.3. The molecule has 2 aliphatic heterocycles. The molecule has 0 spiro atoms. The molecular formula is C15H15Cl2N3OS. The first-order chi connectivity index (χ1) is 10.5. The van der Waals surface area contributed by atoms with Crippen LogP contribution in [0.3, 0.4) is 0 Å². The fourth-order valence-corrected chi connectivity index (χ4v) is 3.97. The average Bonchev–Trinajstić information content (AvgIpc) is 3.05. The molecule has 2 heterocycles. The number of thioether (sulfide) groups is 1. The molecule has 0 atom stereocenters. The van der Waals surface area contributed by atoms with Gasteiger partial charge < -0.3 is 9.80 Å². The number of fused-ring (bicyclic) bond motifs is 1. The van der Waals surface area contributed by atoms with Crippen molar-refractivity contribution in [2.24, 2.45) is 4.99 Å². The third-order valence-electron chi connectivity index (χ3n) is 3.67. The molecule has 0 saturated carbocycles. The number of nitrogens with zero attached hydrogens (tertiary/aromatic N) is 3. The molecule has 7 heteroatoms. The molecule has 0 saturated heterocycles. The van der Waals surface area contributed by atoms with Crippen LogP contribution in [0, 0.1) is 0 Å². The summed E-state index contributed by atoms with van der Waals surface area (Å²) in [6.45, 7) is 4.13. The van der Waals surface area contributed by atoms with Crippen molar-refractivity contribution < 1.29 is 4.79 Å². The molecule has 0 N–H and O–H groups in total. The minimum absolute atomic E-state index is 0.00525. The van der Waals surface area contributed by atoms with Gasteiger partial charge in [-0.25, -0.2) is 0 Å². The highest BCUT2D eigenvalue weighted by molar-refractivity contribution is 8.18. The summed E-state index contributed by atoms with van der Waals surface area (Å²) in [7, 11) is 1.79. The standard InChI is InChI=1S/C15H15Cl2N3OS/c1-9-13(22-15-18-5-6-20(9)15)14(21)19(2)8-10-3-4-11(16)12(17)7-10/h3-4,7H,5-6,8H2,1-2H3. The molecule has 0 aromatic heterocycles. The summed E-state index contributed by atoms with van der Waals surface area (Å²) in [6.07, 6.45) is 0. The van der Waals surface area contributed by atoms with Crippen LogP contribution in [0.1, 0.15) is 12.5 Å². The van der Waals surface area contributed by atoms with Crippen molar-refractivity contribution in [1.82, 2.24) is 9.80 Å². The Kier molecular flexibility index (Phi) is 4.39. The second kappa shape index (κ2) is 6.14. The van der Waals surface area contributed by atoms with Gasteiger partial charge >= 0.3 is 0 Å². The first-order valence-electron chi connectivity index (χ1n) is 6.87. The highest BCUT2D eigenvalue weighted by Crippen LogP contribution is 2.37. The van der Waals surface area contributed by atoms with E-state index in [0.717, 1.165) is 34.4 Å². The second-order valence-corrected chi connectivity index (χ2v) is 7.03. The van der Waals surface area contributed by atoms with Crippen molar-refractivity contribution in [2.75, 3.05) is 20.1 Å². The predicted molar refractivity (Wildman–Crippen MR) is 92.2 cm³/mol. The van der Waals surface area contributed by atoms with Gasteiger partial charge in [0.15, 0.2) is 5.17 Å². The normalized spacial score (nSPS) is 16.9. The number of hydrogen-bond donors (Lipinski definition) is 0. The Morgan fingerprint density at radius 3 is 2.86 bits per heavy atom. The molecule has 0 radical (unpaired) electrons. The number of allylic oxidation sites excluding steroid dienone is 1. The minimum atomic E-state index is 0.00525. The lowest BCUT2D eigenvalue weighted by Gasteiger charge is -2.18. The Morgan fingerprint density at radius 1 is 1.41 bits per heavy atom. The van der Waals surface area contributed by atoms with E-state index in [1.54, 1.807) is 24.1 Å². The Morgan fingerprint density at radius 2 is 2.18 bits per heavy atom. The first kappa shape index (κ1) is 15.7. The number of halogens is 2. The Labute approximate surface area is 143 Å². The Balaban J connectivity index is 1.74. The summed E-state index contributed by atoms with van der Waals surface area (Å²) in [4.78, 5) is 21.6. The van der Waals surface area contributed by atoms with Gasteiger partial charge in [-0.2, -0.15) is 0 Å². The molecule has 1 amide bonds. The monoisotopic (exact) mass is 355 g/mol. The van der Waals surface area contributed by atoms with Crippen molar-refractivity contribution in [2.45, 2.75) is 13.5 Å². The van der Waals surface area contributed by atoms with Crippen LogP contribution in [-0.4, -0.2) is 41.0 Å². The molecule has 116 valence electrons. The van der Waals surface area contributed by atoms with E-state index in [2.05, 4.69) is 9.89 Å². The molecule has 0 aliphatic carbocycles. The molecule has 0 bridgehead atoms. The maximum Gasteiger partial charge on any atom is 0.262 e. The summed E-state index contributed by atoms with van der Waals surface area (Å²) in [5.74, 6) is 0.00525. The third kappa shape index (κ3) is 2.85. The quantitative estimate of drug-likeness (QED) is 0.830. The summed E-state index contributed by atoms with van der Waals surface area (Å²) < 4.78 is 0. The van der Waals surface area contributed by atoms with Crippen LogP contribution in [-0.2, 0) is 11.3 Å². The summed E-state index contributed by atoms with van der Waals surface area (Å²) in [6, 6.07) is 5.42. The molecule has 22 heavy (non-hydrogen) atoms. The molecule has 0 unspecified atom stereocenters. The van der Waals surface area contributed by atoms with Crippen LogP contribution < -0.4 is 0 Å². The van der Waals surface area contributed by atoms with E-state index in [-0.39, 0.29) is 5.91 Å². The van der Waals surface area contributed by atoms with E-state index in [1.165, 1.54) is 11.8 Å². The van der Waals surface area contributed by atoms with E-state index in [0.29, 0.717) is 16.6 Å². The highest BCUT2D eigenvalue weighted by atomic mass is 35.5. The summed E-state index contributed by atoms with van der Waals surface area (Å²) in [5.41, 5.74) is 1.94. The van der Waals surface area contributed by atoms with E-state index in [9.17, 15) is 4.79 Å². The average molecular weight is 356 g/mol. The van der Waals surface area contributed by atoms with Gasteiger partial charge in [0.2, 0.25) is 0 Å². The maximum atomic E-state index is 12.6. The number of likely N-dealkylation sites (N-methyl/N-ethyl adjacent to an activating group) is 1. The Hall–Kier alpha value is -1.17. The number of rotatable bonds is 3. The van der Waals surface area contributed by atoms with Gasteiger partial charge in [-0.1, -0.05) is 29.3 Å². The zero-order chi connectivity index (χ0) is 15.9. The maximum absolute atomic E-state index is 12.6. The van der Waals surface area contributed by atoms with Crippen LogP contribution in [0.2, 0.25) is 10.0 Å². The SMILES string of the molecule is CC1=C(C(=O)N(C)Cc2ccc(Cl)c(Cl)c2)SC2=NCCN21. The van der Waals surface area contributed by atoms with Crippen molar-refractivity contribution >= 4 is 46.0 Å². The lowest BCUT2D eigenvalue weighted by molar-refractivity contribution is -0.125. The number of benzene rings is 1. The topological polar surface area (TPSA) is 35.9 Å². The predicted octanol–water partition coefficient (Wildman–Crippen LogP) is 3.60. The third-order valence-corrected chi connectivity index (χ3v) is 5.62. The molecule has 4 nitrogen and oxygen atoms in total. The highest BCUT2D eigenvalue weighted by Gasteiger charge is 2.34. The van der Waals surface area contributed by atoms with Crippen molar-refractivity contribution in [1.29, 1.82) is 0 Å². The van der Waals surface area contributed by atoms with Gasteiger partial charge in [-0.15, -0.1) is 0 Å². The van der Waals surface area contributed by atoms with E-state index in [4.69, 9.17) is 23.2 Å². The van der Waals surface area contributed by atoms with Crippen LogP contribution in [0.4, 0.5) is 0 Å². The number of carbonyl (C=O) groups is 1. The van der Waals surface area contributed by atoms with Crippen LogP contribution in [0.25, 0.3) is 0 Å². The van der Waals surface area contributed by atoms with Crippen molar-refractivity contribution in [3.8, 4) is 0 Å². The van der Waals surface area contributed by atoms with Gasteiger partial charge in [-0.3, -0.25) is 9.79 Å². The van der Waals surface area contributed by atoms with Crippen LogP contribution >= 0.6 is 35.0 Å². The van der Waals surface area contributed by atoms with Crippen LogP contribution in [0.15, 0.2) is 33.8 Å². The van der Waals surface area contributed by atoms with E-state index < -0.39 is 0 Å². The number of amidine groups is 1. The molecule has 0 fully saturated rings. The summed E-state index contributed by atoms with van der Waals surface area (Å²) >= 11 is 13.4. The smallest absolute Gasteiger partial charge is 0.262 e. The molecule has 1 aromatic rings. The van der Waals surface area contributed by atoms with E-state index in [1.807, 2.05) is 13.0 Å². The molecule has 3 rings (SSSR count). The second-order valence-electron chi connectivity index (χ2n) is 5.24. The van der Waals surface area contributed by atoms with Crippen molar-refractivity contribution in [3.63, 3.8) is 0 Å². The molecule has 2 aliphatic rings. The van der Waals surface area contributed by atoms with Gasteiger partial charge in [0.1, 0.15) is 0 Å². The van der Waals surface area contributed by atoms with Crippen molar-refractivity contribution in [3.05, 3.63) is 44.4 Å². The van der Waals surface area contributed by atoms with Gasteiger partial charge in [-0.05, 0) is 36.4 Å². The van der Waals surface area contributed by atoms with E-state index >= 15 is 0 Å². The van der Waals surface area contributed by atoms with Gasteiger partial charge in [0.25, 0.3) is 5.91 Å². The summed E-state index contributed by atoms with van der Waals surface area (Å²) in [5, 5.41) is 1.95. The molecular weight excluding hydrogens is 341 g/mol. The minimum Gasteiger partial charge on any atom is -0.337 e. The number of hydrogen-bond acceptors (Lipinski definition) is 4. The first-order valence-corrected chi connectivity index (χ1v) is 8.44. The number of carbonyl (C=O) groups excluding carboxylic acids is 1. The fraction of sp³-hybridized carbons (Fsp3) is 0.333. The number of aliphatic imine (C=N–C) groups is 1. The zero-order valence-corrected chi connectivity index (χ0v) is 14.6. The largest absolute Gasteiger partial charge is 0.337 e. The van der Waals surface area contributed by atoms with Crippen LogP contribution in [0.5, 0.6) is 0 Å². The Bertz CT molecular complexity index is 702. The lowest BCUT2D eigenvalue weighted by Crippen LogP contribution is -2.27. The lowest BCUT2D eigenvalue weighted by atomic mass is 10.2. The van der Waals surface area contributed by atoms with Gasteiger partial charge in [0.05, 0.1) is 21.5 Å². The number of amides is 1. The van der Waals surface area contributed by atoms with Gasteiger partial charge in [0, 0.05) is 25.8 Å².